The molecule has 0 spiro atoms. The molecular weight excluding hydrogens is 419 g/mol. The Morgan fingerprint density at radius 1 is 1.25 bits per heavy atom. The molecule has 2 N–H and O–H groups in total. The molecule has 0 radical (unpaired) electrons. The highest BCUT2D eigenvalue weighted by Gasteiger charge is 2.15. The van der Waals surface area contributed by atoms with Crippen molar-refractivity contribution in [3.63, 3.8) is 0 Å². The molecule has 1 aliphatic rings. The average Bonchev–Trinajstić information content (AvgIpc) is 3.07. The first-order valence-electron chi connectivity index (χ1n) is 9.04. The fourth-order valence-electron chi connectivity index (χ4n) is 2.47. The van der Waals surface area contributed by atoms with E-state index in [1.165, 1.54) is 12.8 Å². The lowest BCUT2D eigenvalue weighted by atomic mass is 10.1. The molecule has 7 heteroatoms. The first-order valence-corrected chi connectivity index (χ1v) is 9.04. The summed E-state index contributed by atoms with van der Waals surface area (Å²) in [4.78, 5) is 6.60. The van der Waals surface area contributed by atoms with Gasteiger partial charge in [0.15, 0.2) is 5.96 Å². The Balaban J connectivity index is 0.00000529. The third-order valence-corrected chi connectivity index (χ3v) is 4.04. The van der Waals surface area contributed by atoms with Crippen LogP contribution in [0.1, 0.15) is 32.6 Å². The standard InChI is InChI=1S/C17H36N4O2.HI/c1-4-5-10-21(3)11-9-20-17(18-2)19-8-6-12-22-14-16-7-13-23-15-16;/h16H,4-15H2,1-3H3,(H2,18,19,20);1H. The lowest BCUT2D eigenvalue weighted by molar-refractivity contribution is 0.0888. The Bertz CT molecular complexity index is 313. The predicted octanol–water partition coefficient (Wildman–Crippen LogP) is 1.94. The Labute approximate surface area is 165 Å². The first kappa shape index (κ1) is 23.9. The highest BCUT2D eigenvalue weighted by atomic mass is 127. The van der Waals surface area contributed by atoms with Gasteiger partial charge in [-0.1, -0.05) is 13.3 Å². The number of guanidine groups is 1. The van der Waals surface area contributed by atoms with Crippen molar-refractivity contribution in [2.75, 3.05) is 66.7 Å². The second-order valence-electron chi connectivity index (χ2n) is 6.24. The number of nitrogens with one attached hydrogen (secondary N) is 2. The maximum atomic E-state index is 5.70. The van der Waals surface area contributed by atoms with E-state index in [1.807, 2.05) is 7.05 Å². The van der Waals surface area contributed by atoms with Crippen molar-refractivity contribution in [1.29, 1.82) is 0 Å². The third kappa shape index (κ3) is 12.3. The van der Waals surface area contributed by atoms with Gasteiger partial charge in [0.2, 0.25) is 0 Å². The molecule has 1 rings (SSSR count). The number of hydrogen-bond acceptors (Lipinski definition) is 4. The van der Waals surface area contributed by atoms with E-state index in [1.54, 1.807) is 0 Å². The molecule has 0 aromatic heterocycles. The van der Waals surface area contributed by atoms with Gasteiger partial charge < -0.3 is 25.0 Å². The van der Waals surface area contributed by atoms with Gasteiger partial charge in [-0.2, -0.15) is 0 Å². The molecule has 0 aromatic rings. The van der Waals surface area contributed by atoms with Crippen LogP contribution in [0.25, 0.3) is 0 Å². The summed E-state index contributed by atoms with van der Waals surface area (Å²) < 4.78 is 11.0. The largest absolute Gasteiger partial charge is 0.381 e. The van der Waals surface area contributed by atoms with Crippen LogP contribution in [0.15, 0.2) is 4.99 Å². The Morgan fingerprint density at radius 3 is 2.71 bits per heavy atom. The average molecular weight is 456 g/mol. The molecule has 6 nitrogen and oxygen atoms in total. The number of rotatable bonds is 12. The van der Waals surface area contributed by atoms with E-state index in [-0.39, 0.29) is 24.0 Å². The van der Waals surface area contributed by atoms with Gasteiger partial charge in [-0.15, -0.1) is 24.0 Å². The van der Waals surface area contributed by atoms with Gasteiger partial charge in [0.05, 0.1) is 13.2 Å². The molecule has 0 bridgehead atoms. The van der Waals surface area contributed by atoms with Crippen molar-refractivity contribution in [2.45, 2.75) is 32.6 Å². The number of ether oxygens (including phenoxy) is 2. The molecule has 1 fully saturated rings. The fourth-order valence-corrected chi connectivity index (χ4v) is 2.47. The van der Waals surface area contributed by atoms with Gasteiger partial charge in [-0.25, -0.2) is 0 Å². The van der Waals surface area contributed by atoms with E-state index in [2.05, 4.69) is 34.5 Å². The summed E-state index contributed by atoms with van der Waals surface area (Å²) in [6, 6.07) is 0. The van der Waals surface area contributed by atoms with Crippen LogP contribution >= 0.6 is 24.0 Å². The van der Waals surface area contributed by atoms with Crippen molar-refractivity contribution < 1.29 is 9.47 Å². The van der Waals surface area contributed by atoms with Crippen molar-refractivity contribution in [2.24, 2.45) is 10.9 Å². The molecule has 1 saturated heterocycles. The quantitative estimate of drug-likeness (QED) is 0.204. The fraction of sp³-hybridized carbons (Fsp3) is 0.941. The number of aliphatic imine (C=N–C) groups is 1. The van der Waals surface area contributed by atoms with Crippen LogP contribution in [0, 0.1) is 5.92 Å². The van der Waals surface area contributed by atoms with Crippen LogP contribution < -0.4 is 10.6 Å². The maximum absolute atomic E-state index is 5.70. The van der Waals surface area contributed by atoms with E-state index in [9.17, 15) is 0 Å². The van der Waals surface area contributed by atoms with E-state index in [4.69, 9.17) is 9.47 Å². The zero-order valence-corrected chi connectivity index (χ0v) is 18.0. The lowest BCUT2D eigenvalue weighted by Crippen LogP contribution is -2.41. The third-order valence-electron chi connectivity index (χ3n) is 4.04. The zero-order valence-electron chi connectivity index (χ0n) is 15.7. The van der Waals surface area contributed by atoms with Gasteiger partial charge >= 0.3 is 0 Å². The molecule has 24 heavy (non-hydrogen) atoms. The molecule has 0 aromatic carbocycles. The van der Waals surface area contributed by atoms with Crippen molar-refractivity contribution in [3.05, 3.63) is 0 Å². The van der Waals surface area contributed by atoms with E-state index in [0.29, 0.717) is 5.92 Å². The molecule has 1 aliphatic heterocycles. The summed E-state index contributed by atoms with van der Waals surface area (Å²) in [6.07, 6.45) is 4.64. The number of halogens is 1. The predicted molar refractivity (Wildman–Crippen MR) is 112 cm³/mol. The highest BCUT2D eigenvalue weighted by Crippen LogP contribution is 2.12. The number of hydrogen-bond donors (Lipinski definition) is 2. The Hall–Kier alpha value is -0.120. The van der Waals surface area contributed by atoms with Crippen LogP contribution in [0.5, 0.6) is 0 Å². The van der Waals surface area contributed by atoms with E-state index in [0.717, 1.165) is 71.4 Å². The number of nitrogens with zero attached hydrogens (tertiary/aromatic N) is 2. The van der Waals surface area contributed by atoms with Crippen molar-refractivity contribution >= 4 is 29.9 Å². The van der Waals surface area contributed by atoms with Gasteiger partial charge in [-0.05, 0) is 32.9 Å². The summed E-state index contributed by atoms with van der Waals surface area (Å²) in [5.74, 6) is 1.47. The molecule has 0 saturated carbocycles. The zero-order chi connectivity index (χ0) is 16.8. The summed E-state index contributed by atoms with van der Waals surface area (Å²) in [5, 5.41) is 6.68. The minimum Gasteiger partial charge on any atom is -0.381 e. The maximum Gasteiger partial charge on any atom is 0.191 e. The van der Waals surface area contributed by atoms with Gasteiger partial charge in [0.25, 0.3) is 0 Å². The van der Waals surface area contributed by atoms with Gasteiger partial charge in [0.1, 0.15) is 0 Å². The summed E-state index contributed by atoms with van der Waals surface area (Å²) in [5.41, 5.74) is 0. The lowest BCUT2D eigenvalue weighted by Gasteiger charge is -2.18. The molecule has 144 valence electrons. The number of unbranched alkanes of at least 4 members (excludes halogenated alkanes) is 1. The van der Waals surface area contributed by atoms with Gasteiger partial charge in [0, 0.05) is 45.8 Å². The van der Waals surface area contributed by atoms with Crippen molar-refractivity contribution in [3.8, 4) is 0 Å². The Kier molecular flexibility index (Phi) is 16.3. The van der Waals surface area contributed by atoms with E-state index < -0.39 is 0 Å². The van der Waals surface area contributed by atoms with Crippen LogP contribution in [-0.2, 0) is 9.47 Å². The van der Waals surface area contributed by atoms with Crippen molar-refractivity contribution in [1.82, 2.24) is 15.5 Å². The minimum absolute atomic E-state index is 0. The summed E-state index contributed by atoms with van der Waals surface area (Å²) in [7, 11) is 3.98. The van der Waals surface area contributed by atoms with Crippen LogP contribution in [0.3, 0.4) is 0 Å². The minimum atomic E-state index is 0. The topological polar surface area (TPSA) is 58.1 Å². The highest BCUT2D eigenvalue weighted by molar-refractivity contribution is 14.0. The van der Waals surface area contributed by atoms with Crippen LogP contribution in [-0.4, -0.2) is 77.6 Å². The normalized spacial score (nSPS) is 17.8. The molecule has 1 heterocycles. The van der Waals surface area contributed by atoms with E-state index >= 15 is 0 Å². The molecule has 1 unspecified atom stereocenters. The molecular formula is C17H37IN4O2. The Morgan fingerprint density at radius 2 is 2.04 bits per heavy atom. The second-order valence-corrected chi connectivity index (χ2v) is 6.24. The van der Waals surface area contributed by atoms with Crippen LogP contribution in [0.4, 0.5) is 0 Å². The monoisotopic (exact) mass is 456 g/mol. The molecule has 0 aliphatic carbocycles. The van der Waals surface area contributed by atoms with Gasteiger partial charge in [-0.3, -0.25) is 4.99 Å². The summed E-state index contributed by atoms with van der Waals surface area (Å²) >= 11 is 0. The second kappa shape index (κ2) is 16.4. The molecule has 1 atom stereocenters. The molecule has 0 amide bonds. The number of likely N-dealkylation sites (N-methyl/N-ethyl adjacent to an activating group) is 1. The first-order chi connectivity index (χ1) is 11.3. The smallest absolute Gasteiger partial charge is 0.191 e. The SMILES string of the molecule is CCCCN(C)CCNC(=NC)NCCCOCC1CCOC1.I. The van der Waals surface area contributed by atoms with Crippen LogP contribution in [0.2, 0.25) is 0 Å². The summed E-state index contributed by atoms with van der Waals surface area (Å²) in [6.45, 7) is 9.60.